The summed E-state index contributed by atoms with van der Waals surface area (Å²) in [5, 5.41) is 39.0. The van der Waals surface area contributed by atoms with Crippen LogP contribution in [0.3, 0.4) is 0 Å². The molecule has 1 amide bonds. The molecule has 1 aliphatic carbocycles. The molecule has 0 saturated heterocycles. The van der Waals surface area contributed by atoms with Gasteiger partial charge in [0.15, 0.2) is 5.01 Å². The van der Waals surface area contributed by atoms with E-state index in [1.165, 1.54) is 17.5 Å². The first-order chi connectivity index (χ1) is 17.4. The number of pyridine rings is 1. The molecule has 36 heavy (non-hydrogen) atoms. The molecule has 184 valence electrons. The molecule has 0 aromatic carbocycles. The second-order valence-corrected chi connectivity index (χ2v) is 10.2. The number of fused-ring (bicyclic) bond motifs is 1. The van der Waals surface area contributed by atoms with Crippen molar-refractivity contribution >= 4 is 28.4 Å². The molecule has 0 aliphatic heterocycles. The largest absolute Gasteiger partial charge is 0.393 e. The molecular formula is C25H26N8O2S. The van der Waals surface area contributed by atoms with Gasteiger partial charge >= 0.3 is 0 Å². The summed E-state index contributed by atoms with van der Waals surface area (Å²) < 4.78 is 1.75. The topological polar surface area (TPSA) is 141 Å². The van der Waals surface area contributed by atoms with Crippen molar-refractivity contribution in [1.82, 2.24) is 30.1 Å². The maximum Gasteiger partial charge on any atom is 0.282 e. The summed E-state index contributed by atoms with van der Waals surface area (Å²) in [4.78, 5) is 17.4. The highest BCUT2D eigenvalue weighted by molar-refractivity contribution is 7.16. The smallest absolute Gasteiger partial charge is 0.282 e. The Morgan fingerprint density at radius 3 is 2.75 bits per heavy atom. The van der Waals surface area contributed by atoms with E-state index in [1.807, 2.05) is 32.0 Å². The fourth-order valence-corrected chi connectivity index (χ4v) is 5.11. The number of nitrogens with zero attached hydrogens (tertiary/aromatic N) is 6. The maximum absolute atomic E-state index is 12.8. The molecule has 0 atom stereocenters. The SMILES string of the molecule is CC(C)Nc1cc(-c2ccc3cc(C#N)cnn23)ncc1-c1nnc(C(=O)N[C@H]2CC[C@@H](O)CC2)s1. The van der Waals surface area contributed by atoms with Crippen molar-refractivity contribution in [3.63, 3.8) is 0 Å². The highest BCUT2D eigenvalue weighted by Crippen LogP contribution is 2.34. The van der Waals surface area contributed by atoms with Crippen molar-refractivity contribution in [1.29, 1.82) is 5.26 Å². The van der Waals surface area contributed by atoms with Crippen LogP contribution in [0.1, 0.15) is 54.9 Å². The number of aliphatic hydroxyl groups excluding tert-OH is 1. The first-order valence-corrected chi connectivity index (χ1v) is 12.7. The molecule has 5 rings (SSSR count). The van der Waals surface area contributed by atoms with Crippen molar-refractivity contribution in [2.75, 3.05) is 5.32 Å². The normalized spacial score (nSPS) is 17.8. The van der Waals surface area contributed by atoms with Crippen LogP contribution in [0.4, 0.5) is 5.69 Å². The number of nitrogens with one attached hydrogen (secondary N) is 2. The van der Waals surface area contributed by atoms with E-state index in [-0.39, 0.29) is 24.1 Å². The van der Waals surface area contributed by atoms with Crippen molar-refractivity contribution in [2.45, 2.75) is 57.7 Å². The summed E-state index contributed by atoms with van der Waals surface area (Å²) in [7, 11) is 0. The minimum atomic E-state index is -0.274. The summed E-state index contributed by atoms with van der Waals surface area (Å²) in [5.41, 5.74) is 4.38. The van der Waals surface area contributed by atoms with Crippen LogP contribution in [0.2, 0.25) is 0 Å². The first-order valence-electron chi connectivity index (χ1n) is 11.9. The van der Waals surface area contributed by atoms with Gasteiger partial charge in [-0.05, 0) is 63.8 Å². The third-order valence-corrected chi connectivity index (χ3v) is 7.08. The number of amides is 1. The Labute approximate surface area is 212 Å². The van der Waals surface area contributed by atoms with E-state index in [9.17, 15) is 9.90 Å². The van der Waals surface area contributed by atoms with Gasteiger partial charge in [0.1, 0.15) is 6.07 Å². The zero-order valence-electron chi connectivity index (χ0n) is 20.0. The monoisotopic (exact) mass is 502 g/mol. The number of carbonyl (C=O) groups is 1. The minimum absolute atomic E-state index is 0.0436. The van der Waals surface area contributed by atoms with Crippen molar-refractivity contribution in [3.8, 4) is 28.0 Å². The number of anilines is 1. The zero-order chi connectivity index (χ0) is 25.2. The molecule has 0 bridgehead atoms. The molecule has 4 aromatic heterocycles. The summed E-state index contributed by atoms with van der Waals surface area (Å²) >= 11 is 1.22. The molecule has 1 saturated carbocycles. The average Bonchev–Trinajstić information content (AvgIpc) is 3.52. The number of nitriles is 1. The fourth-order valence-electron chi connectivity index (χ4n) is 4.34. The number of hydrogen-bond donors (Lipinski definition) is 3. The van der Waals surface area contributed by atoms with Gasteiger partial charge in [-0.3, -0.25) is 9.78 Å². The number of carbonyl (C=O) groups excluding carboxylic acids is 1. The third kappa shape index (κ3) is 4.91. The Kier molecular flexibility index (Phi) is 6.63. The van der Waals surface area contributed by atoms with Gasteiger partial charge in [0.2, 0.25) is 5.01 Å². The number of aliphatic hydroxyl groups is 1. The van der Waals surface area contributed by atoms with Gasteiger partial charge in [-0.2, -0.15) is 10.4 Å². The van der Waals surface area contributed by atoms with Gasteiger partial charge < -0.3 is 15.7 Å². The van der Waals surface area contributed by atoms with E-state index in [4.69, 9.17) is 5.26 Å². The van der Waals surface area contributed by atoms with E-state index in [2.05, 4.69) is 37.0 Å². The van der Waals surface area contributed by atoms with Crippen LogP contribution in [-0.4, -0.2) is 54.0 Å². The van der Waals surface area contributed by atoms with Gasteiger partial charge in [0.25, 0.3) is 5.91 Å². The van der Waals surface area contributed by atoms with Gasteiger partial charge in [0.05, 0.1) is 40.3 Å². The van der Waals surface area contributed by atoms with E-state index < -0.39 is 0 Å². The number of hydrogen-bond acceptors (Lipinski definition) is 9. The molecule has 0 unspecified atom stereocenters. The number of aromatic nitrogens is 5. The van der Waals surface area contributed by atoms with Crippen molar-refractivity contribution in [3.05, 3.63) is 47.2 Å². The Bertz CT molecular complexity index is 1450. The fraction of sp³-hybridized carbons (Fsp3) is 0.360. The summed E-state index contributed by atoms with van der Waals surface area (Å²) in [6.07, 6.45) is 5.89. The quantitative estimate of drug-likeness (QED) is 0.363. The van der Waals surface area contributed by atoms with E-state index in [1.54, 1.807) is 16.8 Å². The molecule has 0 radical (unpaired) electrons. The van der Waals surface area contributed by atoms with Crippen LogP contribution in [0, 0.1) is 11.3 Å². The average molecular weight is 503 g/mol. The Balaban J connectivity index is 1.43. The molecule has 1 aliphatic rings. The lowest BCUT2D eigenvalue weighted by Gasteiger charge is -2.25. The third-order valence-electron chi connectivity index (χ3n) is 6.12. The second kappa shape index (κ2) is 10.0. The van der Waals surface area contributed by atoms with Crippen LogP contribution in [0.15, 0.2) is 36.7 Å². The highest BCUT2D eigenvalue weighted by Gasteiger charge is 2.24. The molecule has 0 spiro atoms. The summed E-state index contributed by atoms with van der Waals surface area (Å²) in [6, 6.07) is 9.83. The predicted octanol–water partition coefficient (Wildman–Crippen LogP) is 3.64. The van der Waals surface area contributed by atoms with E-state index in [0.717, 1.165) is 35.3 Å². The van der Waals surface area contributed by atoms with Crippen molar-refractivity contribution < 1.29 is 9.90 Å². The van der Waals surface area contributed by atoms with Crippen LogP contribution in [-0.2, 0) is 0 Å². The van der Waals surface area contributed by atoms with Gasteiger partial charge in [0, 0.05) is 24.0 Å². The first kappa shape index (κ1) is 23.8. The molecule has 3 N–H and O–H groups in total. The number of rotatable bonds is 6. The van der Waals surface area contributed by atoms with Crippen molar-refractivity contribution in [2.24, 2.45) is 0 Å². The van der Waals surface area contributed by atoms with Crippen LogP contribution >= 0.6 is 11.3 Å². The molecule has 4 heterocycles. The lowest BCUT2D eigenvalue weighted by molar-refractivity contribution is 0.0866. The van der Waals surface area contributed by atoms with E-state index in [0.29, 0.717) is 34.1 Å². The lowest BCUT2D eigenvalue weighted by atomic mass is 9.93. The minimum Gasteiger partial charge on any atom is -0.393 e. The zero-order valence-corrected chi connectivity index (χ0v) is 20.8. The molecule has 11 heteroatoms. The Morgan fingerprint density at radius 2 is 2.00 bits per heavy atom. The van der Waals surface area contributed by atoms with Gasteiger partial charge in [-0.15, -0.1) is 10.2 Å². The Hall–Kier alpha value is -3.88. The van der Waals surface area contributed by atoms with Gasteiger partial charge in [-0.1, -0.05) is 11.3 Å². The molecule has 10 nitrogen and oxygen atoms in total. The van der Waals surface area contributed by atoms with Crippen LogP contribution < -0.4 is 10.6 Å². The summed E-state index contributed by atoms with van der Waals surface area (Å²) in [6.45, 7) is 4.09. The molecule has 1 fully saturated rings. The predicted molar refractivity (Wildman–Crippen MR) is 137 cm³/mol. The summed E-state index contributed by atoms with van der Waals surface area (Å²) in [5.74, 6) is -0.245. The van der Waals surface area contributed by atoms with E-state index >= 15 is 0 Å². The van der Waals surface area contributed by atoms with Crippen LogP contribution in [0.25, 0.3) is 27.5 Å². The highest BCUT2D eigenvalue weighted by atomic mass is 32.1. The molecular weight excluding hydrogens is 476 g/mol. The van der Waals surface area contributed by atoms with Crippen LogP contribution in [0.5, 0.6) is 0 Å². The van der Waals surface area contributed by atoms with Gasteiger partial charge in [-0.25, -0.2) is 4.52 Å². The standard InChI is InChI=1S/C25H26N8O2S/c1-14(2)29-20-10-21(22-8-5-17-9-15(11-26)12-28-33(17)22)27-13-19(20)24-31-32-25(36-24)23(35)30-16-3-6-18(34)7-4-16/h5,8-10,12-14,16,18,34H,3-4,6-7H2,1-2H3,(H,27,29)(H,30,35)/t16-,18+. The Morgan fingerprint density at radius 1 is 1.19 bits per heavy atom. The molecule has 4 aromatic rings. The lowest BCUT2D eigenvalue weighted by Crippen LogP contribution is -2.38. The second-order valence-electron chi connectivity index (χ2n) is 9.22. The maximum atomic E-state index is 12.8.